The van der Waals surface area contributed by atoms with Crippen LogP contribution in [0.15, 0.2) is 12.4 Å². The lowest BCUT2D eigenvalue weighted by Crippen LogP contribution is -2.26. The zero-order valence-corrected chi connectivity index (χ0v) is 11.5. The van der Waals surface area contributed by atoms with Crippen molar-refractivity contribution in [1.82, 2.24) is 15.3 Å². The van der Waals surface area contributed by atoms with E-state index >= 15 is 0 Å². The van der Waals surface area contributed by atoms with Gasteiger partial charge in [-0.3, -0.25) is 4.98 Å². The molecule has 0 aliphatic heterocycles. The minimum absolute atomic E-state index is 0.725. The molecule has 0 radical (unpaired) electrons. The highest BCUT2D eigenvalue weighted by molar-refractivity contribution is 5.35. The third kappa shape index (κ3) is 3.95. The van der Waals surface area contributed by atoms with Gasteiger partial charge in [0.05, 0.1) is 18.1 Å². The lowest BCUT2D eigenvalue weighted by atomic mass is 10.3. The van der Waals surface area contributed by atoms with Crippen LogP contribution in [0.4, 0.5) is 5.82 Å². The Labute approximate surface area is 110 Å². The van der Waals surface area contributed by atoms with Crippen LogP contribution in [0.2, 0.25) is 0 Å². The Morgan fingerprint density at radius 2 is 1.89 bits per heavy atom. The van der Waals surface area contributed by atoms with Gasteiger partial charge in [-0.1, -0.05) is 13.8 Å². The molecule has 100 valence electrons. The minimum atomic E-state index is 0.725. The van der Waals surface area contributed by atoms with Crippen LogP contribution < -0.4 is 10.2 Å². The van der Waals surface area contributed by atoms with Crippen LogP contribution in [0, 0.1) is 0 Å². The van der Waals surface area contributed by atoms with E-state index in [-0.39, 0.29) is 0 Å². The fourth-order valence-electron chi connectivity index (χ4n) is 2.02. The summed E-state index contributed by atoms with van der Waals surface area (Å²) < 4.78 is 0. The smallest absolute Gasteiger partial charge is 0.147 e. The molecule has 4 heteroatoms. The zero-order valence-electron chi connectivity index (χ0n) is 11.5. The normalized spacial score (nSPS) is 14.8. The van der Waals surface area contributed by atoms with Crippen molar-refractivity contribution in [3.05, 3.63) is 18.1 Å². The van der Waals surface area contributed by atoms with E-state index in [0.717, 1.165) is 50.0 Å². The Morgan fingerprint density at radius 3 is 2.39 bits per heavy atom. The number of hydrogen-bond donors (Lipinski definition) is 1. The van der Waals surface area contributed by atoms with Gasteiger partial charge in [0.1, 0.15) is 5.82 Å². The van der Waals surface area contributed by atoms with Gasteiger partial charge in [0, 0.05) is 25.7 Å². The second kappa shape index (κ2) is 6.69. The van der Waals surface area contributed by atoms with Gasteiger partial charge in [-0.2, -0.15) is 0 Å². The summed E-state index contributed by atoms with van der Waals surface area (Å²) >= 11 is 0. The van der Waals surface area contributed by atoms with Gasteiger partial charge in [-0.05, 0) is 25.7 Å². The number of nitrogens with zero attached hydrogens (tertiary/aromatic N) is 3. The summed E-state index contributed by atoms with van der Waals surface area (Å²) in [7, 11) is 0. The van der Waals surface area contributed by atoms with Crippen LogP contribution in [0.1, 0.15) is 45.2 Å². The zero-order chi connectivity index (χ0) is 12.8. The SMILES string of the molecule is CCCN(CCC)c1cnc(CNC2CC2)cn1. The van der Waals surface area contributed by atoms with Crippen LogP contribution in [0.3, 0.4) is 0 Å². The molecule has 0 amide bonds. The monoisotopic (exact) mass is 248 g/mol. The van der Waals surface area contributed by atoms with Crippen LogP contribution in [0.25, 0.3) is 0 Å². The summed E-state index contributed by atoms with van der Waals surface area (Å²) in [5, 5.41) is 3.46. The summed E-state index contributed by atoms with van der Waals surface area (Å²) in [4.78, 5) is 11.3. The van der Waals surface area contributed by atoms with Gasteiger partial charge in [-0.15, -0.1) is 0 Å². The van der Waals surface area contributed by atoms with Crippen molar-refractivity contribution in [2.45, 2.75) is 52.1 Å². The quantitative estimate of drug-likeness (QED) is 0.767. The van der Waals surface area contributed by atoms with E-state index in [9.17, 15) is 0 Å². The van der Waals surface area contributed by atoms with E-state index < -0.39 is 0 Å². The number of rotatable bonds is 8. The molecular formula is C14H24N4. The number of hydrogen-bond acceptors (Lipinski definition) is 4. The Morgan fingerprint density at radius 1 is 1.17 bits per heavy atom. The minimum Gasteiger partial charge on any atom is -0.355 e. The van der Waals surface area contributed by atoms with Crippen molar-refractivity contribution in [2.24, 2.45) is 0 Å². The first-order chi connectivity index (χ1) is 8.83. The van der Waals surface area contributed by atoms with Crippen LogP contribution in [-0.4, -0.2) is 29.1 Å². The molecule has 0 saturated heterocycles. The van der Waals surface area contributed by atoms with Gasteiger partial charge >= 0.3 is 0 Å². The largest absolute Gasteiger partial charge is 0.355 e. The molecule has 1 saturated carbocycles. The molecule has 1 aromatic rings. The average molecular weight is 248 g/mol. The number of aromatic nitrogens is 2. The molecule has 1 N–H and O–H groups in total. The first-order valence-corrected chi connectivity index (χ1v) is 7.12. The van der Waals surface area contributed by atoms with Crippen molar-refractivity contribution >= 4 is 5.82 Å². The molecule has 1 aromatic heterocycles. The van der Waals surface area contributed by atoms with Gasteiger partial charge in [0.15, 0.2) is 0 Å². The standard InChI is InChI=1S/C14H24N4/c1-3-7-18(8-4-2)14-11-16-13(10-17-14)9-15-12-5-6-12/h10-12,15H,3-9H2,1-2H3. The van der Waals surface area contributed by atoms with Gasteiger partial charge in [0.2, 0.25) is 0 Å². The van der Waals surface area contributed by atoms with Gasteiger partial charge in [-0.25, -0.2) is 4.98 Å². The Kier molecular flexibility index (Phi) is 4.93. The topological polar surface area (TPSA) is 41.1 Å². The summed E-state index contributed by atoms with van der Waals surface area (Å²) in [6.45, 7) is 7.36. The molecule has 0 unspecified atom stereocenters. The predicted molar refractivity (Wildman–Crippen MR) is 74.7 cm³/mol. The molecule has 2 rings (SSSR count). The van der Waals surface area contributed by atoms with E-state index in [0.29, 0.717) is 0 Å². The second-order valence-electron chi connectivity index (χ2n) is 5.01. The third-order valence-corrected chi connectivity index (χ3v) is 3.15. The molecule has 0 bridgehead atoms. The van der Waals surface area contributed by atoms with Crippen LogP contribution >= 0.6 is 0 Å². The van der Waals surface area contributed by atoms with E-state index in [4.69, 9.17) is 0 Å². The summed E-state index contributed by atoms with van der Waals surface area (Å²) in [5.41, 5.74) is 1.04. The molecule has 4 nitrogen and oxygen atoms in total. The first kappa shape index (κ1) is 13.3. The second-order valence-corrected chi connectivity index (χ2v) is 5.01. The van der Waals surface area contributed by atoms with Crippen LogP contribution in [0.5, 0.6) is 0 Å². The highest BCUT2D eigenvalue weighted by atomic mass is 15.2. The van der Waals surface area contributed by atoms with Crippen molar-refractivity contribution in [3.8, 4) is 0 Å². The molecule has 0 aromatic carbocycles. The molecule has 1 aliphatic carbocycles. The van der Waals surface area contributed by atoms with Crippen molar-refractivity contribution < 1.29 is 0 Å². The Balaban J connectivity index is 1.90. The molecular weight excluding hydrogens is 224 g/mol. The molecule has 1 aliphatic rings. The van der Waals surface area contributed by atoms with E-state index in [1.165, 1.54) is 12.8 Å². The summed E-state index contributed by atoms with van der Waals surface area (Å²) in [6.07, 6.45) is 8.73. The molecule has 1 heterocycles. The Hall–Kier alpha value is -1.16. The maximum Gasteiger partial charge on any atom is 0.147 e. The maximum atomic E-state index is 4.54. The fourth-order valence-corrected chi connectivity index (χ4v) is 2.02. The first-order valence-electron chi connectivity index (χ1n) is 7.12. The van der Waals surface area contributed by atoms with Crippen molar-refractivity contribution in [1.29, 1.82) is 0 Å². The predicted octanol–water partition coefficient (Wildman–Crippen LogP) is 2.36. The summed E-state index contributed by atoms with van der Waals surface area (Å²) in [6, 6.07) is 0.725. The Bertz CT molecular complexity index is 339. The maximum absolute atomic E-state index is 4.54. The highest BCUT2D eigenvalue weighted by Gasteiger charge is 2.20. The van der Waals surface area contributed by atoms with Crippen molar-refractivity contribution in [3.63, 3.8) is 0 Å². The van der Waals surface area contributed by atoms with Gasteiger partial charge < -0.3 is 10.2 Å². The molecule has 1 fully saturated rings. The fraction of sp³-hybridized carbons (Fsp3) is 0.714. The van der Waals surface area contributed by atoms with E-state index in [2.05, 4.69) is 34.0 Å². The lowest BCUT2D eigenvalue weighted by molar-refractivity contribution is 0.669. The molecule has 0 atom stereocenters. The summed E-state index contributed by atoms with van der Waals surface area (Å²) in [5.74, 6) is 1.01. The number of anilines is 1. The van der Waals surface area contributed by atoms with Gasteiger partial charge in [0.25, 0.3) is 0 Å². The van der Waals surface area contributed by atoms with E-state index in [1.54, 1.807) is 0 Å². The average Bonchev–Trinajstić information content (AvgIpc) is 3.21. The molecule has 0 spiro atoms. The van der Waals surface area contributed by atoms with E-state index in [1.807, 2.05) is 12.4 Å². The van der Waals surface area contributed by atoms with Crippen LogP contribution in [-0.2, 0) is 6.54 Å². The number of nitrogens with one attached hydrogen (secondary N) is 1. The third-order valence-electron chi connectivity index (χ3n) is 3.15. The highest BCUT2D eigenvalue weighted by Crippen LogP contribution is 2.19. The molecule has 18 heavy (non-hydrogen) atoms. The van der Waals surface area contributed by atoms with Crippen molar-refractivity contribution in [2.75, 3.05) is 18.0 Å². The lowest BCUT2D eigenvalue weighted by Gasteiger charge is -2.22.